The van der Waals surface area contributed by atoms with Gasteiger partial charge in [-0.25, -0.2) is 14.0 Å². The molecule has 4 aromatic carbocycles. The van der Waals surface area contributed by atoms with Crippen LogP contribution in [0.5, 0.6) is 5.75 Å². The average Bonchev–Trinajstić information content (AvgIpc) is 3.13. The molecule has 0 spiro atoms. The Hall–Kier alpha value is -5.20. The molecule has 52 heavy (non-hydrogen) atoms. The van der Waals surface area contributed by atoms with Gasteiger partial charge in [-0.2, -0.15) is 0 Å². The predicted molar refractivity (Wildman–Crippen MR) is 202 cm³/mol. The molecule has 0 fully saturated rings. The molecule has 1 aliphatic rings. The van der Waals surface area contributed by atoms with Crippen molar-refractivity contribution >= 4 is 45.8 Å². The fourth-order valence-electron chi connectivity index (χ4n) is 6.19. The molecule has 276 valence electrons. The van der Waals surface area contributed by atoms with Crippen molar-refractivity contribution in [2.75, 3.05) is 49.3 Å². The van der Waals surface area contributed by atoms with Crippen LogP contribution in [-0.2, 0) is 4.74 Å². The topological polar surface area (TPSA) is 132 Å². The van der Waals surface area contributed by atoms with Gasteiger partial charge >= 0.3 is 12.1 Å². The van der Waals surface area contributed by atoms with Crippen molar-refractivity contribution in [3.63, 3.8) is 0 Å². The van der Waals surface area contributed by atoms with Crippen LogP contribution < -0.4 is 20.7 Å². The van der Waals surface area contributed by atoms with Crippen LogP contribution in [0.25, 0.3) is 10.8 Å². The van der Waals surface area contributed by atoms with E-state index in [2.05, 4.69) is 16.0 Å². The molecule has 4 aromatic rings. The van der Waals surface area contributed by atoms with Gasteiger partial charge in [0.2, 0.25) is 0 Å². The van der Waals surface area contributed by atoms with E-state index in [0.29, 0.717) is 35.8 Å². The number of hydrogen-bond acceptors (Lipinski definition) is 6. The summed E-state index contributed by atoms with van der Waals surface area (Å²) in [5, 5.41) is 20.7. The number of benzene rings is 4. The van der Waals surface area contributed by atoms with Crippen LogP contribution in [0.15, 0.2) is 84.9 Å². The number of halogens is 1. The summed E-state index contributed by atoms with van der Waals surface area (Å²) in [6.45, 7) is 6.31. The Morgan fingerprint density at radius 3 is 2.44 bits per heavy atom. The number of amides is 5. The smallest absolute Gasteiger partial charge is 0.323 e. The molecule has 1 heterocycles. The van der Waals surface area contributed by atoms with Crippen molar-refractivity contribution < 1.29 is 33.4 Å². The number of likely N-dealkylation sites (N-methyl/N-ethyl adjacent to an activating group) is 1. The first-order chi connectivity index (χ1) is 25.0. The monoisotopic (exact) mass is 713 g/mol. The lowest BCUT2D eigenvalue weighted by Gasteiger charge is -2.35. The van der Waals surface area contributed by atoms with Gasteiger partial charge in [-0.15, -0.1) is 0 Å². The number of carbonyl (C=O) groups is 3. The molecule has 0 radical (unpaired) electrons. The van der Waals surface area contributed by atoms with Crippen molar-refractivity contribution in [3.8, 4) is 5.75 Å². The zero-order chi connectivity index (χ0) is 37.2. The van der Waals surface area contributed by atoms with Crippen LogP contribution in [0.4, 0.5) is 31.0 Å². The SMILES string of the molecule is C[C@H]1CCCCO[C@H](CN(C)C(=O)Nc2cccc3ccccc23)[C@@H](C)CN([C@@H](C)CO)C(=O)c2cc(NC(=O)Nc3ccc(F)cc3)ccc2O1. The van der Waals surface area contributed by atoms with E-state index in [1.807, 2.05) is 56.3 Å². The number of rotatable bonds is 7. The van der Waals surface area contributed by atoms with E-state index in [0.717, 1.165) is 23.6 Å². The summed E-state index contributed by atoms with van der Waals surface area (Å²) < 4.78 is 26.0. The summed E-state index contributed by atoms with van der Waals surface area (Å²) in [7, 11) is 1.72. The molecule has 0 saturated carbocycles. The Morgan fingerprint density at radius 1 is 0.962 bits per heavy atom. The molecule has 0 bridgehead atoms. The van der Waals surface area contributed by atoms with Crippen LogP contribution in [-0.4, -0.2) is 84.5 Å². The minimum atomic E-state index is -0.572. The van der Waals surface area contributed by atoms with Crippen LogP contribution >= 0.6 is 0 Å². The minimum absolute atomic E-state index is 0.210. The minimum Gasteiger partial charge on any atom is -0.490 e. The third kappa shape index (κ3) is 9.98. The Labute approximate surface area is 304 Å². The van der Waals surface area contributed by atoms with Gasteiger partial charge in [0.05, 0.1) is 36.1 Å². The van der Waals surface area contributed by atoms with Crippen LogP contribution in [0.3, 0.4) is 0 Å². The number of anilines is 3. The molecule has 5 rings (SSSR count). The molecule has 12 heteroatoms. The number of fused-ring (bicyclic) bond motifs is 2. The lowest BCUT2D eigenvalue weighted by atomic mass is 10.0. The number of hydrogen-bond donors (Lipinski definition) is 4. The van der Waals surface area contributed by atoms with Crippen LogP contribution in [0.2, 0.25) is 0 Å². The molecule has 0 saturated heterocycles. The fourth-order valence-corrected chi connectivity index (χ4v) is 6.19. The highest BCUT2D eigenvalue weighted by Gasteiger charge is 2.31. The normalized spacial score (nSPS) is 19.1. The fraction of sp³-hybridized carbons (Fsp3) is 0.375. The summed E-state index contributed by atoms with van der Waals surface area (Å²) in [4.78, 5) is 43.9. The zero-order valence-corrected chi connectivity index (χ0v) is 30.1. The number of carbonyl (C=O) groups excluding carboxylic acids is 3. The third-order valence-corrected chi connectivity index (χ3v) is 9.24. The first-order valence-electron chi connectivity index (χ1n) is 17.7. The zero-order valence-electron chi connectivity index (χ0n) is 30.1. The summed E-state index contributed by atoms with van der Waals surface area (Å²) in [6.07, 6.45) is 1.65. The Balaban J connectivity index is 1.36. The standard InChI is InChI=1S/C40H48FN5O6/c1-26-23-46(27(2)25-47)38(48)34-22-32(43-39(49)42-31-17-15-30(41)16-18-31)19-20-36(34)52-28(3)10-7-8-21-51-37(26)24-45(4)40(50)44-35-14-9-12-29-11-5-6-13-33(29)35/h5-6,9,11-20,22,26-28,37,47H,7-8,10,21,23-25H2,1-4H3,(H,44,50)(H2,42,43,49)/t26-,27-,28-,37+/m0/s1. The van der Waals surface area contributed by atoms with Crippen LogP contribution in [0, 0.1) is 11.7 Å². The Morgan fingerprint density at radius 2 is 1.67 bits per heavy atom. The lowest BCUT2D eigenvalue weighted by molar-refractivity contribution is -0.0115. The van der Waals surface area contributed by atoms with Crippen molar-refractivity contribution in [2.24, 2.45) is 5.92 Å². The lowest BCUT2D eigenvalue weighted by Crippen LogP contribution is -2.48. The molecule has 5 amide bonds. The average molecular weight is 714 g/mol. The predicted octanol–water partition coefficient (Wildman–Crippen LogP) is 7.58. The van der Waals surface area contributed by atoms with Crippen molar-refractivity contribution in [2.45, 2.75) is 58.3 Å². The van der Waals surface area contributed by atoms with Gasteiger partial charge in [-0.3, -0.25) is 4.79 Å². The molecule has 4 N–H and O–H groups in total. The third-order valence-electron chi connectivity index (χ3n) is 9.24. The highest BCUT2D eigenvalue weighted by molar-refractivity contribution is 6.03. The Kier molecular flexibility index (Phi) is 13.0. The number of aliphatic hydroxyl groups is 1. The van der Waals surface area contributed by atoms with Crippen molar-refractivity contribution in [1.82, 2.24) is 9.80 Å². The summed E-state index contributed by atoms with van der Waals surface area (Å²) in [5.41, 5.74) is 1.67. The van der Waals surface area contributed by atoms with E-state index in [-0.39, 0.29) is 43.3 Å². The highest BCUT2D eigenvalue weighted by Crippen LogP contribution is 2.29. The van der Waals surface area contributed by atoms with Gasteiger partial charge < -0.3 is 40.3 Å². The quantitative estimate of drug-likeness (QED) is 0.156. The highest BCUT2D eigenvalue weighted by atomic mass is 19.1. The summed E-state index contributed by atoms with van der Waals surface area (Å²) >= 11 is 0. The van der Waals surface area contributed by atoms with Gasteiger partial charge in [-0.1, -0.05) is 43.3 Å². The summed E-state index contributed by atoms with van der Waals surface area (Å²) in [5.74, 6) is -0.705. The number of ether oxygens (including phenoxy) is 2. The largest absolute Gasteiger partial charge is 0.490 e. The maximum Gasteiger partial charge on any atom is 0.323 e. The molecular formula is C40H48FN5O6. The van der Waals surface area contributed by atoms with Crippen molar-refractivity contribution in [1.29, 1.82) is 0 Å². The maximum atomic E-state index is 14.4. The molecular weight excluding hydrogens is 665 g/mol. The number of nitrogens with one attached hydrogen (secondary N) is 3. The molecule has 4 atom stereocenters. The van der Waals surface area contributed by atoms with Gasteiger partial charge in [0.15, 0.2) is 0 Å². The Bertz CT molecular complexity index is 1830. The second-order valence-corrected chi connectivity index (χ2v) is 13.4. The van der Waals surface area contributed by atoms with E-state index >= 15 is 0 Å². The van der Waals surface area contributed by atoms with Gasteiger partial charge in [0.1, 0.15) is 11.6 Å². The molecule has 0 unspecified atom stereocenters. The number of aliphatic hydroxyl groups excluding tert-OH is 1. The van der Waals surface area contributed by atoms with Gasteiger partial charge in [-0.05, 0) is 87.0 Å². The maximum absolute atomic E-state index is 14.4. The van der Waals surface area contributed by atoms with E-state index in [1.54, 1.807) is 42.0 Å². The molecule has 0 aromatic heterocycles. The molecule has 1 aliphatic heterocycles. The van der Waals surface area contributed by atoms with Crippen molar-refractivity contribution in [3.05, 3.63) is 96.3 Å². The summed E-state index contributed by atoms with van der Waals surface area (Å²) in [6, 6.07) is 22.4. The van der Waals surface area contributed by atoms with Gasteiger partial charge in [0.25, 0.3) is 5.91 Å². The second kappa shape index (κ2) is 17.8. The van der Waals surface area contributed by atoms with Gasteiger partial charge in [0, 0.05) is 49.4 Å². The van der Waals surface area contributed by atoms with E-state index < -0.39 is 29.9 Å². The van der Waals surface area contributed by atoms with E-state index in [1.165, 1.54) is 24.3 Å². The van der Waals surface area contributed by atoms with E-state index in [4.69, 9.17) is 9.47 Å². The second-order valence-electron chi connectivity index (χ2n) is 13.4. The van der Waals surface area contributed by atoms with Crippen LogP contribution in [0.1, 0.15) is 50.4 Å². The first kappa shape index (κ1) is 38.0. The molecule has 11 nitrogen and oxygen atoms in total. The number of nitrogens with zero attached hydrogens (tertiary/aromatic N) is 2. The first-order valence-corrected chi connectivity index (χ1v) is 17.7. The van der Waals surface area contributed by atoms with E-state index in [9.17, 15) is 23.9 Å². The number of urea groups is 2. The molecule has 0 aliphatic carbocycles.